The van der Waals surface area contributed by atoms with Crippen LogP contribution in [0.25, 0.3) is 0 Å². The fraction of sp³-hybridized carbons (Fsp3) is 0.714. The average Bonchev–Trinajstić information content (AvgIpc) is 2.49. The van der Waals surface area contributed by atoms with Gasteiger partial charge in [0.1, 0.15) is 18.8 Å². The van der Waals surface area contributed by atoms with Gasteiger partial charge in [-0.15, -0.1) is 0 Å². The van der Waals surface area contributed by atoms with Gasteiger partial charge in [-0.1, -0.05) is 0 Å². The molecule has 1 rings (SSSR count). The third-order valence-corrected chi connectivity index (χ3v) is 3.28. The van der Waals surface area contributed by atoms with Gasteiger partial charge in [0.05, 0.1) is 0 Å². The minimum absolute atomic E-state index is 0.567. The van der Waals surface area contributed by atoms with Crippen molar-refractivity contribution in [3.8, 4) is 0 Å². The molecule has 0 aromatic heterocycles. The Hall–Kier alpha value is -2.41. The molecule has 5 atom stereocenters. The molecule has 0 saturated carbocycles. The van der Waals surface area contributed by atoms with E-state index in [9.17, 15) is 37.5 Å². The highest BCUT2D eigenvalue weighted by Crippen LogP contribution is 2.27. The molecule has 0 spiro atoms. The second-order valence-corrected chi connectivity index (χ2v) is 5.51. The van der Waals surface area contributed by atoms with E-state index < -0.39 is 67.2 Å². The van der Waals surface area contributed by atoms with Gasteiger partial charge in [0.2, 0.25) is 0 Å². The van der Waals surface area contributed by atoms with Crippen molar-refractivity contribution in [3.63, 3.8) is 0 Å². The molecule has 27 heavy (non-hydrogen) atoms. The SMILES string of the molecule is CC(=O)OC[C@@H]1OC(O)[C@@H](NC(=O)C(F)(F)F)[C@@H](OC(C)=O)[C@@H]1OC(C)=O. The maximum Gasteiger partial charge on any atom is 0.471 e. The van der Waals surface area contributed by atoms with Crippen LogP contribution in [0.15, 0.2) is 0 Å². The summed E-state index contributed by atoms with van der Waals surface area (Å²) >= 11 is 0. The van der Waals surface area contributed by atoms with Gasteiger partial charge in [-0.05, 0) is 0 Å². The molecule has 1 aliphatic rings. The Morgan fingerprint density at radius 2 is 1.52 bits per heavy atom. The van der Waals surface area contributed by atoms with Crippen LogP contribution >= 0.6 is 0 Å². The lowest BCUT2D eigenvalue weighted by molar-refractivity contribution is -0.266. The zero-order chi connectivity index (χ0) is 20.9. The van der Waals surface area contributed by atoms with Gasteiger partial charge in [-0.3, -0.25) is 19.2 Å². The average molecular weight is 401 g/mol. The van der Waals surface area contributed by atoms with Gasteiger partial charge in [0.15, 0.2) is 18.5 Å². The number of rotatable bonds is 5. The number of halogens is 3. The molecule has 10 nitrogen and oxygen atoms in total. The molecule has 1 aliphatic heterocycles. The Balaban J connectivity index is 3.18. The highest BCUT2D eigenvalue weighted by atomic mass is 19.4. The first-order valence-electron chi connectivity index (χ1n) is 7.52. The van der Waals surface area contributed by atoms with E-state index in [1.54, 1.807) is 0 Å². The van der Waals surface area contributed by atoms with Crippen LogP contribution in [0.1, 0.15) is 20.8 Å². The number of alkyl halides is 3. The number of carbonyl (C=O) groups is 4. The van der Waals surface area contributed by atoms with E-state index in [0.717, 1.165) is 20.8 Å². The number of carbonyl (C=O) groups excluding carboxylic acids is 4. The van der Waals surface area contributed by atoms with Crippen LogP contribution in [0.5, 0.6) is 0 Å². The van der Waals surface area contributed by atoms with Crippen molar-refractivity contribution in [2.24, 2.45) is 0 Å². The molecule has 154 valence electrons. The van der Waals surface area contributed by atoms with Crippen LogP contribution < -0.4 is 5.32 Å². The number of aliphatic hydroxyl groups excluding tert-OH is 1. The zero-order valence-electron chi connectivity index (χ0n) is 14.4. The molecule has 0 aliphatic carbocycles. The fourth-order valence-corrected chi connectivity index (χ4v) is 2.31. The van der Waals surface area contributed by atoms with Crippen molar-refractivity contribution in [3.05, 3.63) is 0 Å². The molecule has 13 heteroatoms. The lowest BCUT2D eigenvalue weighted by atomic mass is 9.96. The zero-order valence-corrected chi connectivity index (χ0v) is 14.4. The number of hydrogen-bond acceptors (Lipinski definition) is 9. The van der Waals surface area contributed by atoms with Crippen LogP contribution in [-0.2, 0) is 38.1 Å². The highest BCUT2D eigenvalue weighted by Gasteiger charge is 2.52. The molecule has 1 fully saturated rings. The van der Waals surface area contributed by atoms with Crippen molar-refractivity contribution >= 4 is 23.8 Å². The van der Waals surface area contributed by atoms with Crippen molar-refractivity contribution in [1.82, 2.24) is 5.32 Å². The maximum atomic E-state index is 12.5. The number of esters is 3. The number of nitrogens with one attached hydrogen (secondary N) is 1. The van der Waals surface area contributed by atoms with Crippen LogP contribution in [0.2, 0.25) is 0 Å². The number of hydrogen-bond donors (Lipinski definition) is 2. The topological polar surface area (TPSA) is 137 Å². The third-order valence-electron chi connectivity index (χ3n) is 3.28. The molecule has 0 radical (unpaired) electrons. The summed E-state index contributed by atoms with van der Waals surface area (Å²) in [4.78, 5) is 44.9. The van der Waals surface area contributed by atoms with Gasteiger partial charge in [0.25, 0.3) is 0 Å². The highest BCUT2D eigenvalue weighted by molar-refractivity contribution is 5.82. The van der Waals surface area contributed by atoms with Gasteiger partial charge in [0, 0.05) is 20.8 Å². The number of ether oxygens (including phenoxy) is 4. The second-order valence-electron chi connectivity index (χ2n) is 5.51. The van der Waals surface area contributed by atoms with Gasteiger partial charge in [-0.25, -0.2) is 0 Å². The van der Waals surface area contributed by atoms with Gasteiger partial charge < -0.3 is 29.4 Å². The molecule has 2 N–H and O–H groups in total. The molecule has 0 aromatic carbocycles. The maximum absolute atomic E-state index is 12.5. The van der Waals surface area contributed by atoms with Crippen molar-refractivity contribution in [2.45, 2.75) is 57.6 Å². The lowest BCUT2D eigenvalue weighted by Crippen LogP contribution is -2.67. The fourth-order valence-electron chi connectivity index (χ4n) is 2.31. The number of amides is 1. The minimum Gasteiger partial charge on any atom is -0.463 e. The first kappa shape index (κ1) is 22.6. The molecular weight excluding hydrogens is 383 g/mol. The normalized spacial score (nSPS) is 28.0. The largest absolute Gasteiger partial charge is 0.471 e. The van der Waals surface area contributed by atoms with Crippen molar-refractivity contribution in [2.75, 3.05) is 6.61 Å². The number of aliphatic hydroxyl groups is 1. The quantitative estimate of drug-likeness (QED) is 0.447. The van der Waals surface area contributed by atoms with Crippen molar-refractivity contribution < 1.29 is 56.4 Å². The van der Waals surface area contributed by atoms with Crippen LogP contribution in [0.3, 0.4) is 0 Å². The predicted molar refractivity (Wildman–Crippen MR) is 76.6 cm³/mol. The van der Waals surface area contributed by atoms with E-state index in [-0.39, 0.29) is 0 Å². The van der Waals surface area contributed by atoms with Crippen LogP contribution in [0, 0.1) is 0 Å². The standard InChI is InChI=1S/C14H18F3NO9/c1-5(19)24-4-8-10(25-6(2)20)11(26-7(3)21)9(12(22)27-8)18-13(23)14(15,16)17/h8-12,22H,4H2,1-3H3,(H,18,23)/t8-,9-,10+,11+,12?/m0/s1. The molecule has 1 amide bonds. The van der Waals surface area contributed by atoms with Gasteiger partial charge in [-0.2, -0.15) is 13.2 Å². The summed E-state index contributed by atoms with van der Waals surface area (Å²) in [6.07, 6.45) is -12.1. The molecule has 1 heterocycles. The first-order valence-corrected chi connectivity index (χ1v) is 7.52. The monoisotopic (exact) mass is 401 g/mol. The second kappa shape index (κ2) is 8.99. The smallest absolute Gasteiger partial charge is 0.463 e. The van der Waals surface area contributed by atoms with E-state index in [0.29, 0.717) is 0 Å². The summed E-state index contributed by atoms with van der Waals surface area (Å²) in [7, 11) is 0. The molecule has 1 saturated heterocycles. The molecule has 1 unspecified atom stereocenters. The Morgan fingerprint density at radius 1 is 1.00 bits per heavy atom. The summed E-state index contributed by atoms with van der Waals surface area (Å²) in [5.41, 5.74) is 0. The summed E-state index contributed by atoms with van der Waals surface area (Å²) in [5.74, 6) is -5.12. The predicted octanol–water partition coefficient (Wildman–Crippen LogP) is -0.823. The Kier molecular flexibility index (Phi) is 7.54. The van der Waals surface area contributed by atoms with E-state index in [1.165, 1.54) is 5.32 Å². The summed E-state index contributed by atoms with van der Waals surface area (Å²) in [6.45, 7) is 2.36. The van der Waals surface area contributed by atoms with Crippen LogP contribution in [0.4, 0.5) is 13.2 Å². The molecule has 0 bridgehead atoms. The molecule has 0 aromatic rings. The van der Waals surface area contributed by atoms with Gasteiger partial charge >= 0.3 is 30.0 Å². The molecular formula is C14H18F3NO9. The van der Waals surface area contributed by atoms with Crippen molar-refractivity contribution in [1.29, 1.82) is 0 Å². The summed E-state index contributed by atoms with van der Waals surface area (Å²) < 4.78 is 57.1. The minimum atomic E-state index is -5.30. The lowest BCUT2D eigenvalue weighted by Gasteiger charge is -2.43. The summed E-state index contributed by atoms with van der Waals surface area (Å²) in [6, 6.07) is -1.92. The Morgan fingerprint density at radius 3 is 1.96 bits per heavy atom. The van der Waals surface area contributed by atoms with Crippen LogP contribution in [-0.4, -0.2) is 72.3 Å². The first-order chi connectivity index (χ1) is 12.3. The van der Waals surface area contributed by atoms with E-state index in [2.05, 4.69) is 0 Å². The van der Waals surface area contributed by atoms with E-state index in [4.69, 9.17) is 18.9 Å². The third kappa shape index (κ3) is 6.67. The summed E-state index contributed by atoms with van der Waals surface area (Å²) in [5, 5.41) is 11.4. The Bertz CT molecular complexity index is 595. The Labute approximate surface area is 150 Å². The van der Waals surface area contributed by atoms with E-state index in [1.807, 2.05) is 0 Å². The van der Waals surface area contributed by atoms with E-state index >= 15 is 0 Å².